The molecule has 0 radical (unpaired) electrons. The van der Waals surface area contributed by atoms with Gasteiger partial charge >= 0.3 is 0 Å². The van der Waals surface area contributed by atoms with E-state index in [1.807, 2.05) is 43.3 Å². The van der Waals surface area contributed by atoms with Gasteiger partial charge in [0.05, 0.1) is 25.2 Å². The normalized spacial score (nSPS) is 14.6. The van der Waals surface area contributed by atoms with E-state index in [1.54, 1.807) is 6.21 Å². The van der Waals surface area contributed by atoms with Crippen LogP contribution < -0.4 is 10.3 Å². The monoisotopic (exact) mass is 371 g/mol. The molecule has 7 nitrogen and oxygen atoms in total. The van der Waals surface area contributed by atoms with E-state index in [4.69, 9.17) is 4.74 Å². The van der Waals surface area contributed by atoms with E-state index in [1.165, 1.54) is 11.8 Å². The number of ether oxygens (including phenoxy) is 1. The maximum atomic E-state index is 11.9. The predicted octanol–water partition coefficient (Wildman–Crippen LogP) is 1.86. The molecule has 2 heterocycles. The fraction of sp³-hybridized carbons (Fsp3) is 0.333. The lowest BCUT2D eigenvalue weighted by Gasteiger charge is -2.28. The van der Waals surface area contributed by atoms with E-state index in [0.717, 1.165) is 30.2 Å². The number of carbonyl (C=O) groups is 1. The summed E-state index contributed by atoms with van der Waals surface area (Å²) in [5.74, 6) is 0.893. The van der Waals surface area contributed by atoms with E-state index in [-0.39, 0.29) is 11.7 Å². The van der Waals surface area contributed by atoms with Crippen LogP contribution in [0, 0.1) is 6.92 Å². The smallest absolute Gasteiger partial charge is 0.250 e. The second kappa shape index (κ2) is 9.30. The van der Waals surface area contributed by atoms with Gasteiger partial charge in [-0.1, -0.05) is 42.1 Å². The molecule has 0 bridgehead atoms. The number of nitrogens with one attached hydrogen (secondary N) is 1. The van der Waals surface area contributed by atoms with Gasteiger partial charge < -0.3 is 9.64 Å². The Labute approximate surface area is 156 Å². The molecule has 0 saturated carbocycles. The zero-order valence-electron chi connectivity index (χ0n) is 14.6. The lowest BCUT2D eigenvalue weighted by atomic mass is 10.2. The maximum Gasteiger partial charge on any atom is 0.250 e. The molecular formula is C18H21N5O2S. The third-order valence-corrected chi connectivity index (χ3v) is 4.54. The second-order valence-corrected chi connectivity index (χ2v) is 6.68. The summed E-state index contributed by atoms with van der Waals surface area (Å²) in [5.41, 5.74) is 4.33. The number of thioether (sulfide) groups is 1. The number of anilines is 1. The summed E-state index contributed by atoms with van der Waals surface area (Å²) in [6.07, 6.45) is 1.61. The fourth-order valence-electron chi connectivity index (χ4n) is 2.42. The van der Waals surface area contributed by atoms with E-state index in [0.29, 0.717) is 18.4 Å². The van der Waals surface area contributed by atoms with Crippen LogP contribution in [0.25, 0.3) is 0 Å². The molecule has 8 heteroatoms. The number of hydrogen-bond donors (Lipinski definition) is 1. The minimum atomic E-state index is -0.194. The molecule has 0 unspecified atom stereocenters. The van der Waals surface area contributed by atoms with Crippen molar-refractivity contribution in [2.45, 2.75) is 12.1 Å². The first kappa shape index (κ1) is 18.3. The number of benzene rings is 1. The third-order valence-electron chi connectivity index (χ3n) is 3.69. The number of aryl methyl sites for hydroxylation is 1. The van der Waals surface area contributed by atoms with Crippen molar-refractivity contribution >= 4 is 29.7 Å². The Hall–Kier alpha value is -2.45. The van der Waals surface area contributed by atoms with Gasteiger partial charge in [0.2, 0.25) is 0 Å². The molecule has 1 N–H and O–H groups in total. The highest BCUT2D eigenvalue weighted by Crippen LogP contribution is 2.19. The Morgan fingerprint density at radius 1 is 1.31 bits per heavy atom. The minimum absolute atomic E-state index is 0.194. The van der Waals surface area contributed by atoms with Crippen LogP contribution in [0.2, 0.25) is 0 Å². The minimum Gasteiger partial charge on any atom is -0.378 e. The Morgan fingerprint density at radius 2 is 2.08 bits per heavy atom. The van der Waals surface area contributed by atoms with E-state index in [9.17, 15) is 4.79 Å². The van der Waals surface area contributed by atoms with E-state index in [2.05, 4.69) is 25.4 Å². The molecule has 26 heavy (non-hydrogen) atoms. The number of hydrazone groups is 1. The number of nitrogens with zero attached hydrogens (tertiary/aromatic N) is 4. The summed E-state index contributed by atoms with van der Waals surface area (Å²) in [6.45, 7) is 4.96. The van der Waals surface area contributed by atoms with Crippen LogP contribution in [-0.2, 0) is 9.53 Å². The molecule has 2 aromatic rings. The number of aromatic nitrogens is 2. The Morgan fingerprint density at radius 3 is 2.85 bits per heavy atom. The van der Waals surface area contributed by atoms with Crippen LogP contribution in [0.1, 0.15) is 11.3 Å². The fourth-order valence-corrected chi connectivity index (χ4v) is 3.12. The number of rotatable bonds is 6. The summed E-state index contributed by atoms with van der Waals surface area (Å²) >= 11 is 1.30. The van der Waals surface area contributed by atoms with Crippen LogP contribution in [0.5, 0.6) is 0 Å². The predicted molar refractivity (Wildman–Crippen MR) is 103 cm³/mol. The topological polar surface area (TPSA) is 79.7 Å². The Kier molecular flexibility index (Phi) is 6.56. The molecule has 0 aliphatic carbocycles. The quantitative estimate of drug-likeness (QED) is 0.361. The highest BCUT2D eigenvalue weighted by atomic mass is 32.2. The van der Waals surface area contributed by atoms with Crippen LogP contribution in [0.4, 0.5) is 5.82 Å². The molecule has 136 valence electrons. The largest absolute Gasteiger partial charge is 0.378 e. The summed E-state index contributed by atoms with van der Waals surface area (Å²) in [5, 5.41) is 4.55. The Balaban J connectivity index is 1.53. The van der Waals surface area contributed by atoms with Crippen molar-refractivity contribution in [3.05, 3.63) is 47.7 Å². The van der Waals surface area contributed by atoms with Crippen LogP contribution in [0.3, 0.4) is 0 Å². The summed E-state index contributed by atoms with van der Waals surface area (Å²) < 4.78 is 5.37. The molecule has 0 spiro atoms. The van der Waals surface area contributed by atoms with Gasteiger partial charge in [0.15, 0.2) is 5.16 Å². The summed E-state index contributed by atoms with van der Waals surface area (Å²) in [7, 11) is 0. The van der Waals surface area contributed by atoms with Crippen LogP contribution in [0.15, 0.2) is 46.7 Å². The number of amides is 1. The Bertz CT molecular complexity index is 763. The van der Waals surface area contributed by atoms with Gasteiger partial charge in [-0.3, -0.25) is 4.79 Å². The summed E-state index contributed by atoms with van der Waals surface area (Å²) in [6, 6.07) is 11.6. The first-order valence-corrected chi connectivity index (χ1v) is 9.37. The SMILES string of the molecule is Cc1cc(N2CCOCC2)nc(SCC(=O)N/N=C\c2ccccc2)n1. The van der Waals surface area contributed by atoms with Crippen molar-refractivity contribution < 1.29 is 9.53 Å². The van der Waals surface area contributed by atoms with E-state index >= 15 is 0 Å². The van der Waals surface area contributed by atoms with Gasteiger partial charge in [-0.25, -0.2) is 15.4 Å². The molecular weight excluding hydrogens is 350 g/mol. The molecule has 1 amide bonds. The van der Waals surface area contributed by atoms with Crippen molar-refractivity contribution in [1.82, 2.24) is 15.4 Å². The lowest BCUT2D eigenvalue weighted by molar-refractivity contribution is -0.118. The lowest BCUT2D eigenvalue weighted by Crippen LogP contribution is -2.36. The molecule has 1 aliphatic heterocycles. The first-order chi connectivity index (χ1) is 12.7. The zero-order chi connectivity index (χ0) is 18.2. The summed E-state index contributed by atoms with van der Waals surface area (Å²) in [4.78, 5) is 23.1. The van der Waals surface area contributed by atoms with Crippen LogP contribution >= 0.6 is 11.8 Å². The maximum absolute atomic E-state index is 11.9. The molecule has 1 aromatic carbocycles. The van der Waals surface area contributed by atoms with Gasteiger partial charge in [-0.15, -0.1) is 0 Å². The second-order valence-electron chi connectivity index (χ2n) is 5.74. The van der Waals surface area contributed by atoms with Gasteiger partial charge in [-0.05, 0) is 12.5 Å². The van der Waals surface area contributed by atoms with Crippen molar-refractivity contribution in [2.75, 3.05) is 37.0 Å². The third kappa shape index (κ3) is 5.53. The van der Waals surface area contributed by atoms with Gasteiger partial charge in [0.1, 0.15) is 5.82 Å². The number of morpholine rings is 1. The van der Waals surface area contributed by atoms with Gasteiger partial charge in [0, 0.05) is 24.8 Å². The van der Waals surface area contributed by atoms with Crippen LogP contribution in [-0.4, -0.2) is 54.1 Å². The number of hydrogen-bond acceptors (Lipinski definition) is 7. The molecule has 1 aromatic heterocycles. The molecule has 1 saturated heterocycles. The zero-order valence-corrected chi connectivity index (χ0v) is 15.4. The first-order valence-electron chi connectivity index (χ1n) is 8.39. The van der Waals surface area contributed by atoms with Crippen molar-refractivity contribution in [3.63, 3.8) is 0 Å². The number of carbonyl (C=O) groups excluding carboxylic acids is 1. The van der Waals surface area contributed by atoms with Crippen molar-refractivity contribution in [3.8, 4) is 0 Å². The van der Waals surface area contributed by atoms with Gasteiger partial charge in [0.25, 0.3) is 5.91 Å². The van der Waals surface area contributed by atoms with Crippen molar-refractivity contribution in [1.29, 1.82) is 0 Å². The highest BCUT2D eigenvalue weighted by molar-refractivity contribution is 7.99. The standard InChI is InChI=1S/C18H21N5O2S/c1-14-11-16(23-7-9-25-10-8-23)21-18(20-14)26-13-17(24)22-19-12-15-5-3-2-4-6-15/h2-6,11-12H,7-10,13H2,1H3,(H,22,24)/b19-12-. The van der Waals surface area contributed by atoms with E-state index < -0.39 is 0 Å². The average molecular weight is 371 g/mol. The van der Waals surface area contributed by atoms with Gasteiger partial charge in [-0.2, -0.15) is 5.10 Å². The van der Waals surface area contributed by atoms with Crippen molar-refractivity contribution in [2.24, 2.45) is 5.10 Å². The molecule has 1 aliphatic rings. The molecule has 3 rings (SSSR count). The average Bonchev–Trinajstić information content (AvgIpc) is 2.67. The highest BCUT2D eigenvalue weighted by Gasteiger charge is 2.14. The molecule has 1 fully saturated rings. The molecule has 0 atom stereocenters.